The first-order valence-electron chi connectivity index (χ1n) is 3.89. The van der Waals surface area contributed by atoms with E-state index in [1.807, 2.05) is 13.8 Å². The lowest BCUT2D eigenvalue weighted by atomic mass is 10.3. The van der Waals surface area contributed by atoms with E-state index in [-0.39, 0.29) is 0 Å². The third-order valence-electron chi connectivity index (χ3n) is 1.09. The van der Waals surface area contributed by atoms with E-state index in [9.17, 15) is 14.4 Å². The summed E-state index contributed by atoms with van der Waals surface area (Å²) in [6, 6.07) is 0. The molecule has 2 N–H and O–H groups in total. The first kappa shape index (κ1) is 14.2. The maximum atomic E-state index is 10.2. The van der Waals surface area contributed by atoms with Crippen LogP contribution in [-0.4, -0.2) is 27.9 Å². The number of ketones is 1. The third kappa shape index (κ3) is 18.0. The fourth-order valence-electron chi connectivity index (χ4n) is 0.379. The van der Waals surface area contributed by atoms with E-state index in [0.29, 0.717) is 18.6 Å². The summed E-state index contributed by atoms with van der Waals surface area (Å²) in [6.07, 6.45) is 0.576. The summed E-state index contributed by atoms with van der Waals surface area (Å²) >= 11 is 0. The topological polar surface area (TPSA) is 91.7 Å². The average molecular weight is 190 g/mol. The Morgan fingerprint density at radius 3 is 1.23 bits per heavy atom. The summed E-state index contributed by atoms with van der Waals surface area (Å²) in [7, 11) is 0. The molecule has 0 radical (unpaired) electrons. The van der Waals surface area contributed by atoms with E-state index in [1.54, 1.807) is 0 Å². The Morgan fingerprint density at radius 1 is 0.923 bits per heavy atom. The molecule has 0 aliphatic carbocycles. The smallest absolute Gasteiger partial charge is 0.314 e. The summed E-state index contributed by atoms with van der Waals surface area (Å²) < 4.78 is 0. The number of Topliss-reactive ketones (excluding diaryl/α,β-unsaturated/α-hetero) is 1. The minimum absolute atomic E-state index is 0.343. The number of carbonyl (C=O) groups is 3. The molecule has 0 amide bonds. The lowest BCUT2D eigenvalue weighted by Crippen LogP contribution is -2.03. The molecular weight excluding hydrogens is 176 g/mol. The number of carboxylic acids is 2. The van der Waals surface area contributed by atoms with Gasteiger partial charge in [0.2, 0.25) is 0 Å². The zero-order valence-corrected chi connectivity index (χ0v) is 7.74. The SMILES string of the molecule is CCC(=O)CC.O=C(O)CC(=O)O. The van der Waals surface area contributed by atoms with Crippen molar-refractivity contribution in [2.75, 3.05) is 0 Å². The van der Waals surface area contributed by atoms with Crippen molar-refractivity contribution in [1.29, 1.82) is 0 Å². The molecule has 0 unspecified atom stereocenters. The highest BCUT2D eigenvalue weighted by atomic mass is 16.4. The number of carboxylic acid groups (broad SMARTS) is 2. The van der Waals surface area contributed by atoms with Crippen LogP contribution >= 0.6 is 0 Å². The number of carbonyl (C=O) groups excluding carboxylic acids is 1. The van der Waals surface area contributed by atoms with Crippen LogP contribution in [-0.2, 0) is 14.4 Å². The van der Waals surface area contributed by atoms with Crippen LogP contribution in [0.5, 0.6) is 0 Å². The van der Waals surface area contributed by atoms with Gasteiger partial charge in [0, 0.05) is 12.8 Å². The van der Waals surface area contributed by atoms with Gasteiger partial charge in [0.1, 0.15) is 12.2 Å². The Morgan fingerprint density at radius 2 is 1.23 bits per heavy atom. The molecule has 0 aromatic heterocycles. The third-order valence-corrected chi connectivity index (χ3v) is 1.09. The van der Waals surface area contributed by atoms with Gasteiger partial charge in [-0.2, -0.15) is 0 Å². The summed E-state index contributed by atoms with van der Waals surface area (Å²) in [5, 5.41) is 15.4. The van der Waals surface area contributed by atoms with Crippen molar-refractivity contribution >= 4 is 17.7 Å². The molecule has 0 aromatic rings. The minimum atomic E-state index is -1.31. The van der Waals surface area contributed by atoms with Gasteiger partial charge in [-0.3, -0.25) is 14.4 Å². The van der Waals surface area contributed by atoms with Crippen LogP contribution in [0.4, 0.5) is 0 Å². The maximum Gasteiger partial charge on any atom is 0.314 e. The summed E-state index contributed by atoms with van der Waals surface area (Å²) in [6.45, 7) is 3.76. The zero-order chi connectivity index (χ0) is 10.9. The van der Waals surface area contributed by atoms with Crippen LogP contribution in [0.1, 0.15) is 33.1 Å². The molecular formula is C8H14O5. The van der Waals surface area contributed by atoms with Crippen molar-refractivity contribution in [1.82, 2.24) is 0 Å². The Labute approximate surface area is 76.4 Å². The summed E-state index contributed by atoms with van der Waals surface area (Å²) in [5.74, 6) is -2.28. The molecule has 0 fully saturated rings. The second-order valence-electron chi connectivity index (χ2n) is 2.21. The lowest BCUT2D eigenvalue weighted by molar-refractivity contribution is -0.147. The highest BCUT2D eigenvalue weighted by Gasteiger charge is 2.01. The maximum absolute atomic E-state index is 10.2. The van der Waals surface area contributed by atoms with Gasteiger partial charge in [0.05, 0.1) is 0 Å². The van der Waals surface area contributed by atoms with Crippen LogP contribution < -0.4 is 0 Å². The molecule has 0 spiro atoms. The van der Waals surface area contributed by atoms with E-state index < -0.39 is 18.4 Å². The first-order chi connectivity index (χ1) is 5.93. The van der Waals surface area contributed by atoms with Crippen LogP contribution in [0, 0.1) is 0 Å². The first-order valence-corrected chi connectivity index (χ1v) is 3.89. The molecule has 5 nitrogen and oxygen atoms in total. The Bertz CT molecular complexity index is 167. The lowest BCUT2D eigenvalue weighted by Gasteiger charge is -1.81. The van der Waals surface area contributed by atoms with Gasteiger partial charge in [-0.15, -0.1) is 0 Å². The Hall–Kier alpha value is -1.39. The van der Waals surface area contributed by atoms with Gasteiger partial charge in [0.15, 0.2) is 0 Å². The van der Waals surface area contributed by atoms with Gasteiger partial charge in [0.25, 0.3) is 0 Å². The monoisotopic (exact) mass is 190 g/mol. The predicted molar refractivity (Wildman–Crippen MR) is 45.5 cm³/mol. The largest absolute Gasteiger partial charge is 0.481 e. The molecule has 0 saturated heterocycles. The molecule has 0 rings (SSSR count). The Kier molecular flexibility index (Phi) is 9.48. The number of hydrogen-bond donors (Lipinski definition) is 2. The zero-order valence-electron chi connectivity index (χ0n) is 7.74. The van der Waals surface area contributed by atoms with Crippen molar-refractivity contribution in [3.05, 3.63) is 0 Å². The normalized spacial score (nSPS) is 8.15. The van der Waals surface area contributed by atoms with E-state index in [4.69, 9.17) is 10.2 Å². The predicted octanol–water partition coefficient (Wildman–Crippen LogP) is 0.921. The van der Waals surface area contributed by atoms with Crippen LogP contribution in [0.15, 0.2) is 0 Å². The number of hydrogen-bond acceptors (Lipinski definition) is 3. The molecule has 0 aromatic carbocycles. The molecule has 0 aliphatic heterocycles. The van der Waals surface area contributed by atoms with Crippen LogP contribution in [0.3, 0.4) is 0 Å². The van der Waals surface area contributed by atoms with Crippen LogP contribution in [0.25, 0.3) is 0 Å². The van der Waals surface area contributed by atoms with E-state index in [2.05, 4.69) is 0 Å². The molecule has 0 atom stereocenters. The van der Waals surface area contributed by atoms with Crippen molar-refractivity contribution in [3.63, 3.8) is 0 Å². The fourth-order valence-corrected chi connectivity index (χ4v) is 0.379. The van der Waals surface area contributed by atoms with Gasteiger partial charge < -0.3 is 10.2 Å². The van der Waals surface area contributed by atoms with Gasteiger partial charge in [-0.1, -0.05) is 13.8 Å². The average Bonchev–Trinajstić information content (AvgIpc) is 2.01. The van der Waals surface area contributed by atoms with Crippen LogP contribution in [0.2, 0.25) is 0 Å². The molecule has 5 heteroatoms. The summed E-state index contributed by atoms with van der Waals surface area (Å²) in [4.78, 5) is 29.0. The van der Waals surface area contributed by atoms with E-state index >= 15 is 0 Å². The molecule has 13 heavy (non-hydrogen) atoms. The standard InChI is InChI=1S/C5H10O.C3H4O4/c1-3-5(6)4-2;4-2(5)1-3(6)7/h3-4H2,1-2H3;1H2,(H,4,5)(H,6,7). The van der Waals surface area contributed by atoms with Gasteiger partial charge in [-0.25, -0.2) is 0 Å². The molecule has 76 valence electrons. The summed E-state index contributed by atoms with van der Waals surface area (Å²) in [5.41, 5.74) is 0. The molecule has 0 bridgehead atoms. The van der Waals surface area contributed by atoms with Crippen molar-refractivity contribution in [2.24, 2.45) is 0 Å². The highest BCUT2D eigenvalue weighted by molar-refractivity contribution is 5.88. The van der Waals surface area contributed by atoms with E-state index in [1.165, 1.54) is 0 Å². The van der Waals surface area contributed by atoms with E-state index in [0.717, 1.165) is 0 Å². The highest BCUT2D eigenvalue weighted by Crippen LogP contribution is 1.83. The van der Waals surface area contributed by atoms with Crippen molar-refractivity contribution < 1.29 is 24.6 Å². The van der Waals surface area contributed by atoms with Gasteiger partial charge >= 0.3 is 11.9 Å². The second-order valence-corrected chi connectivity index (χ2v) is 2.21. The molecule has 0 heterocycles. The number of rotatable bonds is 4. The molecule has 0 aliphatic rings. The van der Waals surface area contributed by atoms with Crippen molar-refractivity contribution in [2.45, 2.75) is 33.1 Å². The van der Waals surface area contributed by atoms with Gasteiger partial charge in [-0.05, 0) is 0 Å². The van der Waals surface area contributed by atoms with Crippen molar-refractivity contribution in [3.8, 4) is 0 Å². The second kappa shape index (κ2) is 8.70. The quantitative estimate of drug-likeness (QED) is 0.643. The fraction of sp³-hybridized carbons (Fsp3) is 0.625. The minimum Gasteiger partial charge on any atom is -0.481 e. The molecule has 0 saturated carbocycles. The number of aliphatic carboxylic acids is 2. The Balaban J connectivity index is 0.